The molecule has 0 N–H and O–H groups in total. The van der Waals surface area contributed by atoms with Crippen LogP contribution in [0.2, 0.25) is 0 Å². The van der Waals surface area contributed by atoms with Gasteiger partial charge in [-0.2, -0.15) is 0 Å². The van der Waals surface area contributed by atoms with Crippen molar-refractivity contribution >= 4 is 17.5 Å². The maximum absolute atomic E-state index is 13.8. The molecular formula is C32H31NO4. The lowest BCUT2D eigenvalue weighted by atomic mass is 9.86. The molecule has 4 rings (SSSR count). The fourth-order valence-electron chi connectivity index (χ4n) is 4.17. The Labute approximate surface area is 217 Å². The van der Waals surface area contributed by atoms with Crippen LogP contribution in [0.3, 0.4) is 0 Å². The third kappa shape index (κ3) is 6.91. The van der Waals surface area contributed by atoms with Gasteiger partial charge in [-0.15, -0.1) is 0 Å². The minimum absolute atomic E-state index is 0.0296. The highest BCUT2D eigenvalue weighted by molar-refractivity contribution is 6.13. The van der Waals surface area contributed by atoms with E-state index >= 15 is 0 Å². The molecule has 0 unspecified atom stereocenters. The van der Waals surface area contributed by atoms with E-state index in [1.807, 2.05) is 112 Å². The smallest absolute Gasteiger partial charge is 0.332 e. The van der Waals surface area contributed by atoms with Crippen LogP contribution in [0.5, 0.6) is 0 Å². The van der Waals surface area contributed by atoms with Gasteiger partial charge in [-0.25, -0.2) is 4.79 Å². The summed E-state index contributed by atoms with van der Waals surface area (Å²) in [5.74, 6) is -1.02. The lowest BCUT2D eigenvalue weighted by Crippen LogP contribution is -2.36. The van der Waals surface area contributed by atoms with Gasteiger partial charge >= 0.3 is 5.97 Å². The molecule has 5 nitrogen and oxygen atoms in total. The van der Waals surface area contributed by atoms with E-state index in [-0.39, 0.29) is 18.0 Å². The molecule has 3 aromatic carbocycles. The van der Waals surface area contributed by atoms with Gasteiger partial charge in [0.15, 0.2) is 17.6 Å². The number of esters is 1. The molecule has 0 radical (unpaired) electrons. The zero-order valence-electron chi connectivity index (χ0n) is 21.3. The second-order valence-corrected chi connectivity index (χ2v) is 9.81. The van der Waals surface area contributed by atoms with E-state index in [0.717, 1.165) is 16.7 Å². The number of ketones is 1. The maximum Gasteiger partial charge on any atom is 0.332 e. The molecule has 0 fully saturated rings. The zero-order valence-corrected chi connectivity index (χ0v) is 21.3. The Morgan fingerprint density at radius 2 is 1.32 bits per heavy atom. The fourth-order valence-corrected chi connectivity index (χ4v) is 4.17. The van der Waals surface area contributed by atoms with Crippen LogP contribution in [0.1, 0.15) is 60.4 Å². The molecule has 0 spiro atoms. The van der Waals surface area contributed by atoms with Crippen molar-refractivity contribution < 1.29 is 18.7 Å². The Morgan fingerprint density at radius 1 is 0.784 bits per heavy atom. The molecule has 0 aliphatic heterocycles. The summed E-state index contributed by atoms with van der Waals surface area (Å²) in [4.78, 5) is 32.1. The number of carbonyl (C=O) groups excluding carboxylic acids is 2. The Kier molecular flexibility index (Phi) is 8.14. The summed E-state index contributed by atoms with van der Waals surface area (Å²) in [5, 5.41) is 0. The number of Topliss-reactive ketones (excluding diaryl/α,β-unsaturated/α-hetero) is 1. The number of rotatable bonds is 9. The van der Waals surface area contributed by atoms with Crippen molar-refractivity contribution in [3.8, 4) is 0 Å². The molecule has 2 atom stereocenters. The molecule has 1 aromatic heterocycles. The number of ether oxygens (including phenoxy) is 1. The maximum atomic E-state index is 13.8. The average molecular weight is 494 g/mol. The summed E-state index contributed by atoms with van der Waals surface area (Å²) in [7, 11) is 0. The molecular weight excluding hydrogens is 462 g/mol. The van der Waals surface area contributed by atoms with E-state index in [1.54, 1.807) is 12.1 Å². The van der Waals surface area contributed by atoms with Crippen LogP contribution in [0.4, 0.5) is 0 Å². The van der Waals surface area contributed by atoms with Crippen molar-refractivity contribution in [3.63, 3.8) is 0 Å². The first-order valence-corrected chi connectivity index (χ1v) is 12.3. The van der Waals surface area contributed by atoms with Crippen molar-refractivity contribution in [3.05, 3.63) is 132 Å². The molecule has 0 aliphatic rings. The van der Waals surface area contributed by atoms with Gasteiger partial charge in [-0.3, -0.25) is 9.79 Å². The Morgan fingerprint density at radius 3 is 1.81 bits per heavy atom. The number of hydrogen-bond acceptors (Lipinski definition) is 5. The second kappa shape index (κ2) is 11.7. The second-order valence-electron chi connectivity index (χ2n) is 9.81. The van der Waals surface area contributed by atoms with Gasteiger partial charge in [0.1, 0.15) is 5.60 Å². The van der Waals surface area contributed by atoms with Gasteiger partial charge in [0.05, 0.1) is 12.0 Å². The van der Waals surface area contributed by atoms with Crippen molar-refractivity contribution in [2.24, 2.45) is 4.99 Å². The Balaban J connectivity index is 1.88. The lowest BCUT2D eigenvalue weighted by molar-refractivity contribution is -0.156. The minimum atomic E-state index is -0.976. The molecule has 0 aliphatic carbocycles. The fraction of sp³-hybridized carbons (Fsp3) is 0.219. The van der Waals surface area contributed by atoms with E-state index in [4.69, 9.17) is 14.1 Å². The number of aliphatic imine (C=N–C) groups is 1. The third-order valence-electron chi connectivity index (χ3n) is 5.82. The predicted molar refractivity (Wildman–Crippen MR) is 145 cm³/mol. The number of furan rings is 1. The van der Waals surface area contributed by atoms with Crippen LogP contribution in [0, 0.1) is 0 Å². The summed E-state index contributed by atoms with van der Waals surface area (Å²) in [6.07, 6.45) is 1.50. The van der Waals surface area contributed by atoms with E-state index in [0.29, 0.717) is 5.71 Å². The number of hydrogen-bond donors (Lipinski definition) is 0. The summed E-state index contributed by atoms with van der Waals surface area (Å²) >= 11 is 0. The highest BCUT2D eigenvalue weighted by atomic mass is 16.6. The normalized spacial score (nSPS) is 12.8. The van der Waals surface area contributed by atoms with Crippen LogP contribution < -0.4 is 0 Å². The standard InChI is InChI=1S/C32H31NO4/c1-32(2,3)37-31(35)30(33-29(24-16-9-5-10-17-24)25-18-11-6-12-19-25)26(23-14-7-4-8-15-23)22-27(34)28-20-13-21-36-28/h4-21,26,30H,22H2,1-3H3/t26-,30+/m1/s1. The van der Waals surface area contributed by atoms with Crippen LogP contribution in [0.25, 0.3) is 0 Å². The third-order valence-corrected chi connectivity index (χ3v) is 5.82. The van der Waals surface area contributed by atoms with Crippen LogP contribution in [0.15, 0.2) is 119 Å². The van der Waals surface area contributed by atoms with Gasteiger partial charge in [0, 0.05) is 23.5 Å². The Hall–Kier alpha value is -4.25. The minimum Gasteiger partial charge on any atom is -0.461 e. The molecule has 188 valence electrons. The highest BCUT2D eigenvalue weighted by Gasteiger charge is 2.35. The topological polar surface area (TPSA) is 68.9 Å². The summed E-state index contributed by atoms with van der Waals surface area (Å²) < 4.78 is 11.2. The molecule has 0 saturated heterocycles. The molecule has 5 heteroatoms. The first-order chi connectivity index (χ1) is 17.8. The van der Waals surface area contributed by atoms with E-state index in [9.17, 15) is 9.59 Å². The molecule has 4 aromatic rings. The monoisotopic (exact) mass is 493 g/mol. The van der Waals surface area contributed by atoms with E-state index < -0.39 is 23.5 Å². The van der Waals surface area contributed by atoms with Crippen LogP contribution in [-0.4, -0.2) is 29.1 Å². The van der Waals surface area contributed by atoms with Gasteiger partial charge < -0.3 is 9.15 Å². The van der Waals surface area contributed by atoms with Gasteiger partial charge in [-0.1, -0.05) is 91.0 Å². The SMILES string of the molecule is CC(C)(C)OC(=O)[C@@H](N=C(c1ccccc1)c1ccccc1)[C@H](CC(=O)c1ccco1)c1ccccc1. The lowest BCUT2D eigenvalue weighted by Gasteiger charge is -2.28. The first kappa shape index (κ1) is 25.8. The highest BCUT2D eigenvalue weighted by Crippen LogP contribution is 2.31. The molecule has 0 bridgehead atoms. The molecule has 0 saturated carbocycles. The zero-order chi connectivity index (χ0) is 26.3. The number of carbonyl (C=O) groups is 2. The van der Waals surface area contributed by atoms with Crippen LogP contribution >= 0.6 is 0 Å². The van der Waals surface area contributed by atoms with Crippen molar-refractivity contribution in [2.45, 2.75) is 44.8 Å². The van der Waals surface area contributed by atoms with Crippen molar-refractivity contribution in [1.29, 1.82) is 0 Å². The Bertz CT molecular complexity index is 1280. The quantitative estimate of drug-likeness (QED) is 0.145. The van der Waals surface area contributed by atoms with Crippen LogP contribution in [-0.2, 0) is 9.53 Å². The number of nitrogens with zero attached hydrogens (tertiary/aromatic N) is 1. The predicted octanol–water partition coefficient (Wildman–Crippen LogP) is 6.88. The molecule has 1 heterocycles. The summed E-state index contributed by atoms with van der Waals surface area (Å²) in [6, 6.07) is 31.3. The van der Waals surface area contributed by atoms with Gasteiger partial charge in [0.2, 0.25) is 0 Å². The van der Waals surface area contributed by atoms with Gasteiger partial charge in [0.25, 0.3) is 0 Å². The van der Waals surface area contributed by atoms with Crippen molar-refractivity contribution in [2.75, 3.05) is 0 Å². The molecule has 0 amide bonds. The van der Waals surface area contributed by atoms with Gasteiger partial charge in [-0.05, 0) is 38.5 Å². The number of benzene rings is 3. The average Bonchev–Trinajstić information content (AvgIpc) is 3.44. The van der Waals surface area contributed by atoms with E-state index in [1.165, 1.54) is 6.26 Å². The summed E-state index contributed by atoms with van der Waals surface area (Å²) in [5.41, 5.74) is 2.49. The largest absolute Gasteiger partial charge is 0.461 e. The van der Waals surface area contributed by atoms with E-state index in [2.05, 4.69) is 0 Å². The summed E-state index contributed by atoms with van der Waals surface area (Å²) in [6.45, 7) is 5.48. The van der Waals surface area contributed by atoms with Crippen molar-refractivity contribution in [1.82, 2.24) is 0 Å². The first-order valence-electron chi connectivity index (χ1n) is 12.3. The molecule has 37 heavy (non-hydrogen) atoms.